The molecule has 0 unspecified atom stereocenters. The van der Waals surface area contributed by atoms with Crippen molar-refractivity contribution in [3.8, 4) is 11.5 Å². The largest absolute Gasteiger partial charge is 0.497 e. The fourth-order valence-corrected chi connectivity index (χ4v) is 3.51. The molecule has 0 saturated heterocycles. The highest BCUT2D eigenvalue weighted by Gasteiger charge is 2.28. The van der Waals surface area contributed by atoms with Crippen molar-refractivity contribution in [2.24, 2.45) is 0 Å². The van der Waals surface area contributed by atoms with Crippen molar-refractivity contribution in [3.05, 3.63) is 57.7 Å². The number of rotatable bonds is 12. The van der Waals surface area contributed by atoms with E-state index in [0.29, 0.717) is 31.0 Å². The number of hydrogen-bond donors (Lipinski definition) is 1. The van der Waals surface area contributed by atoms with Crippen LogP contribution < -0.4 is 14.8 Å². The van der Waals surface area contributed by atoms with Gasteiger partial charge in [-0.25, -0.2) is 0 Å². The van der Waals surface area contributed by atoms with Crippen molar-refractivity contribution in [1.82, 2.24) is 10.2 Å². The summed E-state index contributed by atoms with van der Waals surface area (Å²) in [5.74, 6) is 0.955. The fraction of sp³-hybridized carbons (Fsp3) is 0.417. The Kier molecular flexibility index (Phi) is 10.6. The van der Waals surface area contributed by atoms with Crippen molar-refractivity contribution in [2.45, 2.75) is 45.7 Å². The van der Waals surface area contributed by atoms with Crippen molar-refractivity contribution in [2.75, 3.05) is 20.3 Å². The number of benzene rings is 2. The quantitative estimate of drug-likeness (QED) is 0.322. The maximum atomic E-state index is 13.2. The minimum Gasteiger partial charge on any atom is -0.497 e. The molecule has 2 rings (SSSR count). The van der Waals surface area contributed by atoms with E-state index in [-0.39, 0.29) is 18.4 Å². The Bertz CT molecular complexity index is 842. The monoisotopic (exact) mass is 538 g/mol. The summed E-state index contributed by atoms with van der Waals surface area (Å²) < 4.78 is 12.1. The number of halogens is 1. The summed E-state index contributed by atoms with van der Waals surface area (Å²) in [5, 5.41) is 2.96. The molecule has 2 aromatic rings. The predicted octanol–water partition coefficient (Wildman–Crippen LogP) is 4.40. The summed E-state index contributed by atoms with van der Waals surface area (Å²) in [6, 6.07) is 14.5. The first-order valence-corrected chi connectivity index (χ1v) is 11.6. The number of nitrogens with zero attached hydrogens (tertiary/aromatic N) is 1. The highest BCUT2D eigenvalue weighted by molar-refractivity contribution is 14.1. The average Bonchev–Trinajstić information content (AvgIpc) is 2.78. The maximum Gasteiger partial charge on any atom is 0.261 e. The van der Waals surface area contributed by atoms with Gasteiger partial charge in [0.05, 0.1) is 7.11 Å². The maximum absolute atomic E-state index is 13.2. The van der Waals surface area contributed by atoms with Crippen LogP contribution in [-0.4, -0.2) is 43.0 Å². The molecular weight excluding hydrogens is 507 g/mol. The molecule has 1 N–H and O–H groups in total. The highest BCUT2D eigenvalue weighted by Crippen LogP contribution is 2.18. The SMILES string of the molecule is CCCCNC(=O)[C@@H](CC)N(Cc1cccc(OC)c1)C(=O)COc1ccc(I)cc1. The minimum absolute atomic E-state index is 0.136. The molecule has 168 valence electrons. The standard InChI is InChI=1S/C24H31IN2O4/c1-4-6-14-26-24(29)22(5-2)27(16-18-8-7-9-21(15-18)30-3)23(28)17-31-20-12-10-19(25)11-13-20/h7-13,15,22H,4-6,14,16-17H2,1-3H3,(H,26,29)/t22-/m1/s1. The number of amides is 2. The van der Waals surface area contributed by atoms with Crippen molar-refractivity contribution in [1.29, 1.82) is 0 Å². The lowest BCUT2D eigenvalue weighted by Gasteiger charge is -2.30. The Labute approximate surface area is 198 Å². The molecule has 6 nitrogen and oxygen atoms in total. The summed E-state index contributed by atoms with van der Waals surface area (Å²) in [7, 11) is 1.60. The van der Waals surface area contributed by atoms with E-state index < -0.39 is 6.04 Å². The van der Waals surface area contributed by atoms with E-state index in [1.54, 1.807) is 12.0 Å². The summed E-state index contributed by atoms with van der Waals surface area (Å²) in [6.45, 7) is 4.75. The second kappa shape index (κ2) is 13.2. The topological polar surface area (TPSA) is 67.9 Å². The Hall–Kier alpha value is -2.29. The number of carbonyl (C=O) groups is 2. The Balaban J connectivity index is 2.18. The summed E-state index contributed by atoms with van der Waals surface area (Å²) in [5.41, 5.74) is 0.891. The third-order valence-corrected chi connectivity index (χ3v) is 5.60. The van der Waals surface area contributed by atoms with Crippen LogP contribution in [0.1, 0.15) is 38.7 Å². The van der Waals surface area contributed by atoms with Crippen molar-refractivity contribution < 1.29 is 19.1 Å². The van der Waals surface area contributed by atoms with Crippen LogP contribution in [0.5, 0.6) is 11.5 Å². The van der Waals surface area contributed by atoms with Gasteiger partial charge in [-0.2, -0.15) is 0 Å². The summed E-state index contributed by atoms with van der Waals surface area (Å²) in [4.78, 5) is 27.6. The molecule has 0 aliphatic heterocycles. The van der Waals surface area contributed by atoms with Gasteiger partial charge in [-0.05, 0) is 77.4 Å². The molecule has 2 amide bonds. The Morgan fingerprint density at radius 2 is 1.84 bits per heavy atom. The van der Waals surface area contributed by atoms with E-state index >= 15 is 0 Å². The number of unbranched alkanes of at least 4 members (excludes halogenated alkanes) is 1. The molecular formula is C24H31IN2O4. The molecule has 0 fully saturated rings. The van der Waals surface area contributed by atoms with Gasteiger partial charge in [-0.1, -0.05) is 32.4 Å². The minimum atomic E-state index is -0.573. The van der Waals surface area contributed by atoms with Gasteiger partial charge in [-0.15, -0.1) is 0 Å². The first-order chi connectivity index (χ1) is 15.0. The van der Waals surface area contributed by atoms with E-state index in [1.165, 1.54) is 0 Å². The van der Waals surface area contributed by atoms with Crippen LogP contribution in [0.3, 0.4) is 0 Å². The zero-order valence-corrected chi connectivity index (χ0v) is 20.6. The first kappa shape index (κ1) is 25.0. The molecule has 0 aromatic heterocycles. The lowest BCUT2D eigenvalue weighted by atomic mass is 10.1. The van der Waals surface area contributed by atoms with E-state index in [9.17, 15) is 9.59 Å². The van der Waals surface area contributed by atoms with Crippen LogP contribution in [0, 0.1) is 3.57 Å². The zero-order valence-electron chi connectivity index (χ0n) is 18.4. The number of methoxy groups -OCH3 is 1. The first-order valence-electron chi connectivity index (χ1n) is 10.6. The van der Waals surface area contributed by atoms with E-state index in [4.69, 9.17) is 9.47 Å². The van der Waals surface area contributed by atoms with Gasteiger partial charge in [-0.3, -0.25) is 9.59 Å². The van der Waals surface area contributed by atoms with E-state index in [0.717, 1.165) is 22.0 Å². The summed E-state index contributed by atoms with van der Waals surface area (Å²) in [6.07, 6.45) is 2.41. The number of carbonyl (C=O) groups excluding carboxylic acids is 2. The van der Waals surface area contributed by atoms with Crippen LogP contribution in [0.25, 0.3) is 0 Å². The van der Waals surface area contributed by atoms with Gasteiger partial charge in [0.15, 0.2) is 6.61 Å². The van der Waals surface area contributed by atoms with E-state index in [1.807, 2.05) is 55.5 Å². The van der Waals surface area contributed by atoms with Crippen LogP contribution in [0.2, 0.25) is 0 Å². The fourth-order valence-electron chi connectivity index (χ4n) is 3.15. The van der Waals surface area contributed by atoms with Gasteiger partial charge >= 0.3 is 0 Å². The highest BCUT2D eigenvalue weighted by atomic mass is 127. The number of ether oxygens (including phenoxy) is 2. The molecule has 7 heteroatoms. The molecule has 1 atom stereocenters. The van der Waals surface area contributed by atoms with Crippen LogP contribution in [0.15, 0.2) is 48.5 Å². The molecule has 0 bridgehead atoms. The predicted molar refractivity (Wildman–Crippen MR) is 130 cm³/mol. The Morgan fingerprint density at radius 3 is 2.48 bits per heavy atom. The third-order valence-electron chi connectivity index (χ3n) is 4.88. The molecule has 0 aliphatic rings. The normalized spacial score (nSPS) is 11.5. The van der Waals surface area contributed by atoms with Crippen molar-refractivity contribution >= 4 is 34.4 Å². The lowest BCUT2D eigenvalue weighted by molar-refractivity contribution is -0.143. The lowest BCUT2D eigenvalue weighted by Crippen LogP contribution is -2.50. The molecule has 0 radical (unpaired) electrons. The van der Waals surface area contributed by atoms with Crippen LogP contribution in [0.4, 0.5) is 0 Å². The Morgan fingerprint density at radius 1 is 1.10 bits per heavy atom. The molecule has 0 spiro atoms. The second-order valence-corrected chi connectivity index (χ2v) is 8.43. The summed E-state index contributed by atoms with van der Waals surface area (Å²) >= 11 is 2.22. The van der Waals surface area contributed by atoms with Crippen LogP contribution >= 0.6 is 22.6 Å². The van der Waals surface area contributed by atoms with Gasteiger partial charge in [0.1, 0.15) is 17.5 Å². The van der Waals surface area contributed by atoms with Crippen LogP contribution in [-0.2, 0) is 16.1 Å². The molecule has 0 heterocycles. The van der Waals surface area contributed by atoms with E-state index in [2.05, 4.69) is 34.8 Å². The van der Waals surface area contributed by atoms with Crippen molar-refractivity contribution in [3.63, 3.8) is 0 Å². The second-order valence-electron chi connectivity index (χ2n) is 7.18. The zero-order chi connectivity index (χ0) is 22.6. The van der Waals surface area contributed by atoms with Gasteiger partial charge in [0.2, 0.25) is 5.91 Å². The average molecular weight is 538 g/mol. The smallest absolute Gasteiger partial charge is 0.261 e. The third kappa shape index (κ3) is 8.05. The molecule has 2 aromatic carbocycles. The van der Waals surface area contributed by atoms with Gasteiger partial charge < -0.3 is 19.7 Å². The van der Waals surface area contributed by atoms with Gasteiger partial charge in [0, 0.05) is 16.7 Å². The number of nitrogens with one attached hydrogen (secondary N) is 1. The number of hydrogen-bond acceptors (Lipinski definition) is 4. The molecule has 31 heavy (non-hydrogen) atoms. The molecule has 0 saturated carbocycles. The van der Waals surface area contributed by atoms with Gasteiger partial charge in [0.25, 0.3) is 5.91 Å². The molecule has 0 aliphatic carbocycles.